The van der Waals surface area contributed by atoms with Gasteiger partial charge >= 0.3 is 0 Å². The van der Waals surface area contributed by atoms with Crippen molar-refractivity contribution in [2.45, 2.75) is 55.8 Å². The molecular weight excluding hydrogens is 665 g/mol. The molecule has 3 aliphatic carbocycles. The molecule has 0 saturated heterocycles. The minimum Gasteiger partial charge on any atom is -0.456 e. The summed E-state index contributed by atoms with van der Waals surface area (Å²) in [5.74, 6) is 3.17. The predicted molar refractivity (Wildman–Crippen MR) is 231 cm³/mol. The Morgan fingerprint density at radius 2 is 1.13 bits per heavy atom. The van der Waals surface area contributed by atoms with Crippen molar-refractivity contribution in [3.8, 4) is 22.3 Å². The first-order chi connectivity index (χ1) is 27.2. The topological polar surface area (TPSA) is 13.1 Å². The van der Waals surface area contributed by atoms with E-state index in [1.54, 1.807) is 0 Å². The van der Waals surface area contributed by atoms with E-state index in [9.17, 15) is 0 Å². The van der Waals surface area contributed by atoms with Crippen molar-refractivity contribution in [3.05, 3.63) is 198 Å². The van der Waals surface area contributed by atoms with Crippen LogP contribution >= 0.6 is 0 Å². The van der Waals surface area contributed by atoms with Gasteiger partial charge in [0.2, 0.25) is 0 Å². The minimum absolute atomic E-state index is 0.359. The highest BCUT2D eigenvalue weighted by molar-refractivity contribution is 6.01. The van der Waals surface area contributed by atoms with Crippen LogP contribution in [0.4, 0.5) is 0 Å². The Morgan fingerprint density at radius 1 is 0.491 bits per heavy atom. The van der Waals surface area contributed by atoms with Gasteiger partial charge in [0, 0.05) is 16.9 Å². The summed E-state index contributed by atoms with van der Waals surface area (Å²) in [6, 6.07) is 56.8. The molecule has 5 unspecified atom stereocenters. The van der Waals surface area contributed by atoms with E-state index in [-0.39, 0.29) is 0 Å². The van der Waals surface area contributed by atoms with E-state index in [0.717, 1.165) is 43.4 Å². The lowest BCUT2D eigenvalue weighted by Crippen LogP contribution is -2.20. The van der Waals surface area contributed by atoms with Crippen molar-refractivity contribution in [3.63, 3.8) is 0 Å². The van der Waals surface area contributed by atoms with Gasteiger partial charge in [0.15, 0.2) is 0 Å². The van der Waals surface area contributed by atoms with Crippen LogP contribution in [0, 0.1) is 5.92 Å². The molecule has 1 heterocycles. The zero-order valence-electron chi connectivity index (χ0n) is 31.1. The summed E-state index contributed by atoms with van der Waals surface area (Å²) in [7, 11) is 0. The van der Waals surface area contributed by atoms with Crippen LogP contribution in [0.5, 0.6) is 0 Å². The number of furan rings is 1. The van der Waals surface area contributed by atoms with Gasteiger partial charge in [-0.25, -0.2) is 0 Å². The lowest BCUT2D eigenvalue weighted by Gasteiger charge is -2.36. The molecule has 3 aliphatic rings. The van der Waals surface area contributed by atoms with E-state index in [2.05, 4.69) is 176 Å². The Bertz CT molecular complexity index is 2760. The van der Waals surface area contributed by atoms with Crippen LogP contribution in [0.25, 0.3) is 60.8 Å². The molecule has 1 aromatic heterocycles. The van der Waals surface area contributed by atoms with Crippen LogP contribution in [0.3, 0.4) is 0 Å². The van der Waals surface area contributed by atoms with Crippen LogP contribution < -0.4 is 0 Å². The average Bonchev–Trinajstić information content (AvgIpc) is 3.66. The number of rotatable bonds is 5. The van der Waals surface area contributed by atoms with Crippen LogP contribution in [-0.4, -0.2) is 0 Å². The maximum atomic E-state index is 7.12. The zero-order chi connectivity index (χ0) is 36.3. The second kappa shape index (κ2) is 13.4. The highest BCUT2D eigenvalue weighted by Gasteiger charge is 2.37. The first-order valence-corrected chi connectivity index (χ1v) is 20.3. The minimum atomic E-state index is 0.359. The first kappa shape index (κ1) is 32.5. The molecule has 0 radical (unpaired) electrons. The van der Waals surface area contributed by atoms with E-state index < -0.39 is 0 Å². The second-order valence-corrected chi connectivity index (χ2v) is 16.3. The smallest absolute Gasteiger partial charge is 0.139 e. The van der Waals surface area contributed by atoms with E-state index in [1.165, 1.54) is 71.4 Å². The van der Waals surface area contributed by atoms with Crippen molar-refractivity contribution in [1.82, 2.24) is 0 Å². The van der Waals surface area contributed by atoms with Crippen molar-refractivity contribution < 1.29 is 4.42 Å². The fraction of sp³-hybridized carbons (Fsp3) is 0.185. The molecule has 1 heteroatoms. The van der Waals surface area contributed by atoms with Crippen LogP contribution in [-0.2, 0) is 0 Å². The third-order valence-electron chi connectivity index (χ3n) is 13.2. The molecule has 8 aromatic rings. The summed E-state index contributed by atoms with van der Waals surface area (Å²) >= 11 is 0. The van der Waals surface area contributed by atoms with Crippen molar-refractivity contribution in [2.24, 2.45) is 5.92 Å². The predicted octanol–water partition coefficient (Wildman–Crippen LogP) is 15.0. The quantitative estimate of drug-likeness (QED) is 0.162. The lowest BCUT2D eigenvalue weighted by atomic mass is 9.68. The molecule has 5 atom stereocenters. The Morgan fingerprint density at radius 3 is 1.91 bits per heavy atom. The van der Waals surface area contributed by atoms with Gasteiger partial charge in [-0.05, 0) is 128 Å². The molecule has 0 aliphatic heterocycles. The van der Waals surface area contributed by atoms with Crippen LogP contribution in [0.15, 0.2) is 174 Å². The van der Waals surface area contributed by atoms with Gasteiger partial charge in [-0.15, -0.1) is 0 Å². The molecule has 55 heavy (non-hydrogen) atoms. The van der Waals surface area contributed by atoms with Gasteiger partial charge in [-0.2, -0.15) is 0 Å². The lowest BCUT2D eigenvalue weighted by molar-refractivity contribution is 0.351. The van der Waals surface area contributed by atoms with Crippen LogP contribution in [0.2, 0.25) is 0 Å². The normalized spacial score (nSPS) is 21.9. The van der Waals surface area contributed by atoms with Gasteiger partial charge in [0.25, 0.3) is 0 Å². The maximum Gasteiger partial charge on any atom is 0.139 e. The molecule has 1 nitrogen and oxygen atoms in total. The van der Waals surface area contributed by atoms with E-state index in [0.29, 0.717) is 29.6 Å². The summed E-state index contributed by atoms with van der Waals surface area (Å²) in [5, 5.41) is 6.60. The zero-order valence-corrected chi connectivity index (χ0v) is 31.1. The molecule has 0 amide bonds. The van der Waals surface area contributed by atoms with Crippen LogP contribution in [0.1, 0.15) is 83.8 Å². The monoisotopic (exact) mass is 708 g/mol. The molecular formula is C54H44O. The van der Waals surface area contributed by atoms with Gasteiger partial charge in [0.1, 0.15) is 11.3 Å². The SMILES string of the molecule is C1=CC2C=Cc3oc4c(C5CC(c6ccc7ccccc7c6)CC(c6ccc7cc(-c8ccccc8)ccc7c6)C5)ccc(-c5ccccc5)c4c3C2CC1. The molecule has 0 N–H and O–H groups in total. The summed E-state index contributed by atoms with van der Waals surface area (Å²) in [5.41, 5.74) is 11.9. The number of hydrogen-bond acceptors (Lipinski definition) is 1. The molecule has 1 saturated carbocycles. The molecule has 0 spiro atoms. The van der Waals surface area contributed by atoms with Crippen molar-refractivity contribution >= 4 is 38.6 Å². The standard InChI is InChI=1S/C54H44O/c1-3-11-35(12-4-1)40-21-22-42-31-44(24-23-41(42)30-40)46-32-45(43-20-19-36-13-7-8-17-39(36)29-43)33-47(34-46)50-27-26-49(37-14-5-2-6-15-37)53-52-48-18-10-9-16-38(48)25-28-51(52)55-54(50)53/h1-9,11-17,19-31,38,45-48H,10,18,32-34H2. The fourth-order valence-corrected chi connectivity index (χ4v) is 10.4. The molecule has 11 rings (SSSR count). The Kier molecular flexibility index (Phi) is 7.94. The summed E-state index contributed by atoms with van der Waals surface area (Å²) < 4.78 is 7.12. The maximum absolute atomic E-state index is 7.12. The summed E-state index contributed by atoms with van der Waals surface area (Å²) in [6.07, 6.45) is 15.1. The molecule has 1 fully saturated rings. The fourth-order valence-electron chi connectivity index (χ4n) is 10.4. The third kappa shape index (κ3) is 5.76. The number of allylic oxidation sites excluding steroid dienone is 3. The average molecular weight is 709 g/mol. The molecule has 0 bridgehead atoms. The second-order valence-electron chi connectivity index (χ2n) is 16.3. The summed E-state index contributed by atoms with van der Waals surface area (Å²) in [4.78, 5) is 0. The van der Waals surface area contributed by atoms with E-state index in [1.807, 2.05) is 0 Å². The number of benzene rings is 7. The highest BCUT2D eigenvalue weighted by Crippen LogP contribution is 2.53. The largest absolute Gasteiger partial charge is 0.456 e. The van der Waals surface area contributed by atoms with Crippen molar-refractivity contribution in [2.75, 3.05) is 0 Å². The molecule has 7 aromatic carbocycles. The number of fused-ring (bicyclic) bond motifs is 7. The number of hydrogen-bond donors (Lipinski definition) is 0. The van der Waals surface area contributed by atoms with E-state index >= 15 is 0 Å². The first-order valence-electron chi connectivity index (χ1n) is 20.3. The molecule has 266 valence electrons. The Labute approximate surface area is 323 Å². The third-order valence-corrected chi connectivity index (χ3v) is 13.2. The van der Waals surface area contributed by atoms with Gasteiger partial charge in [-0.1, -0.05) is 164 Å². The van der Waals surface area contributed by atoms with Gasteiger partial charge in [-0.3, -0.25) is 0 Å². The van der Waals surface area contributed by atoms with Gasteiger partial charge in [0.05, 0.1) is 0 Å². The highest BCUT2D eigenvalue weighted by atomic mass is 16.3. The Balaban J connectivity index is 1.04. The van der Waals surface area contributed by atoms with Crippen molar-refractivity contribution in [1.29, 1.82) is 0 Å². The summed E-state index contributed by atoms with van der Waals surface area (Å²) in [6.45, 7) is 0. The van der Waals surface area contributed by atoms with E-state index in [4.69, 9.17) is 4.42 Å². The Hall–Kier alpha value is -5.92. The van der Waals surface area contributed by atoms with Gasteiger partial charge < -0.3 is 4.42 Å².